The van der Waals surface area contributed by atoms with E-state index in [1.165, 1.54) is 11.8 Å². The zero-order chi connectivity index (χ0) is 5.28. The number of halogens is 1. The Morgan fingerprint density at radius 3 is 2.50 bits per heavy atom. The molecule has 0 saturated heterocycles. The third kappa shape index (κ3) is 1.76. The van der Waals surface area contributed by atoms with E-state index in [1.54, 1.807) is 6.08 Å². The molecule has 46 valence electrons. The van der Waals surface area contributed by atoms with E-state index in [4.69, 9.17) is 11.1 Å². The zero-order valence-electron chi connectivity index (χ0n) is 4.18. The molecule has 2 nitrogen and oxygen atoms in total. The third-order valence-electron chi connectivity index (χ3n) is 0.711. The number of nitrogens with two attached hydrogens (primary N) is 1. The topological polar surface area (TPSA) is 49.9 Å². The summed E-state index contributed by atoms with van der Waals surface area (Å²) in [6.45, 7) is 0. The Morgan fingerprint density at radius 2 is 2.38 bits per heavy atom. The van der Waals surface area contributed by atoms with Crippen LogP contribution >= 0.6 is 24.2 Å². The second-order valence-corrected chi connectivity index (χ2v) is 2.39. The molecule has 1 aliphatic heterocycles. The van der Waals surface area contributed by atoms with Gasteiger partial charge in [0.1, 0.15) is 0 Å². The van der Waals surface area contributed by atoms with E-state index in [2.05, 4.69) is 0 Å². The minimum Gasteiger partial charge on any atom is -0.401 e. The highest BCUT2D eigenvalue weighted by molar-refractivity contribution is 8.14. The van der Waals surface area contributed by atoms with Crippen LogP contribution in [0.3, 0.4) is 0 Å². The molecule has 1 heterocycles. The first-order valence-electron chi connectivity index (χ1n) is 1.96. The molecule has 0 atom stereocenters. The molecule has 0 spiro atoms. The van der Waals surface area contributed by atoms with Gasteiger partial charge in [-0.15, -0.1) is 24.2 Å². The Labute approximate surface area is 58.4 Å². The van der Waals surface area contributed by atoms with E-state index in [0.717, 1.165) is 11.4 Å². The summed E-state index contributed by atoms with van der Waals surface area (Å²) in [7, 11) is 0. The summed E-state index contributed by atoms with van der Waals surface area (Å²) in [5.41, 5.74) is 6.14. The Hall–Kier alpha value is -0.150. The van der Waals surface area contributed by atoms with Crippen molar-refractivity contribution in [3.05, 3.63) is 11.8 Å². The zero-order valence-corrected chi connectivity index (χ0v) is 5.81. The highest BCUT2D eigenvalue weighted by atomic mass is 35.5. The van der Waals surface area contributed by atoms with Crippen molar-refractivity contribution in [2.24, 2.45) is 5.73 Å². The standard InChI is InChI=1S/C4H6N2S.ClH/c5-3-1-4(6)7-2-3;/h1,6H,2,5H2;1H. The van der Waals surface area contributed by atoms with Crippen molar-refractivity contribution >= 4 is 29.2 Å². The number of thioether (sulfide) groups is 1. The lowest BCUT2D eigenvalue weighted by Crippen LogP contribution is -1.93. The van der Waals surface area contributed by atoms with E-state index in [-0.39, 0.29) is 12.4 Å². The summed E-state index contributed by atoms with van der Waals surface area (Å²) in [5, 5.41) is 7.57. The van der Waals surface area contributed by atoms with Crippen LogP contribution < -0.4 is 5.73 Å². The van der Waals surface area contributed by atoms with Gasteiger partial charge in [-0.25, -0.2) is 0 Å². The molecule has 0 aromatic heterocycles. The largest absolute Gasteiger partial charge is 0.401 e. The van der Waals surface area contributed by atoms with Gasteiger partial charge in [-0.3, -0.25) is 5.41 Å². The molecular weight excluding hydrogens is 144 g/mol. The molecule has 0 aromatic carbocycles. The molecule has 1 rings (SSSR count). The molecule has 0 amide bonds. The van der Waals surface area contributed by atoms with Crippen LogP contribution in [0.1, 0.15) is 0 Å². The normalized spacial score (nSPS) is 17.5. The van der Waals surface area contributed by atoms with Crippen LogP contribution in [0.4, 0.5) is 0 Å². The van der Waals surface area contributed by atoms with Crippen LogP contribution in [0, 0.1) is 5.41 Å². The number of nitrogens with one attached hydrogen (secondary N) is 1. The van der Waals surface area contributed by atoms with Gasteiger partial charge < -0.3 is 5.73 Å². The quantitative estimate of drug-likeness (QED) is 0.541. The lowest BCUT2D eigenvalue weighted by molar-refractivity contribution is 1.35. The summed E-state index contributed by atoms with van der Waals surface area (Å²) >= 11 is 1.47. The molecule has 0 aromatic rings. The van der Waals surface area contributed by atoms with Crippen molar-refractivity contribution in [1.82, 2.24) is 0 Å². The smallest absolute Gasteiger partial charge is 0.0891 e. The Morgan fingerprint density at radius 1 is 1.75 bits per heavy atom. The lowest BCUT2D eigenvalue weighted by Gasteiger charge is -1.80. The van der Waals surface area contributed by atoms with Crippen molar-refractivity contribution in [1.29, 1.82) is 5.41 Å². The van der Waals surface area contributed by atoms with Crippen molar-refractivity contribution in [2.75, 3.05) is 5.75 Å². The predicted octanol–water partition coefficient (Wildman–Crippen LogP) is 0.975. The summed E-state index contributed by atoms with van der Waals surface area (Å²) < 4.78 is 0. The summed E-state index contributed by atoms with van der Waals surface area (Å²) in [6.07, 6.45) is 1.69. The van der Waals surface area contributed by atoms with Crippen molar-refractivity contribution in [3.63, 3.8) is 0 Å². The highest BCUT2D eigenvalue weighted by Crippen LogP contribution is 2.14. The summed E-state index contributed by atoms with van der Waals surface area (Å²) in [5.74, 6) is 0.804. The van der Waals surface area contributed by atoms with Gasteiger partial charge in [0.05, 0.1) is 5.04 Å². The van der Waals surface area contributed by atoms with Crippen LogP contribution in [0.15, 0.2) is 11.8 Å². The molecule has 0 radical (unpaired) electrons. The molecule has 0 unspecified atom stereocenters. The van der Waals surface area contributed by atoms with E-state index in [9.17, 15) is 0 Å². The molecule has 1 aliphatic rings. The minimum atomic E-state index is 0. The van der Waals surface area contributed by atoms with Crippen LogP contribution in [-0.4, -0.2) is 10.8 Å². The van der Waals surface area contributed by atoms with Crippen LogP contribution in [0.25, 0.3) is 0 Å². The van der Waals surface area contributed by atoms with Gasteiger partial charge in [0.15, 0.2) is 0 Å². The average Bonchev–Trinajstić information content (AvgIpc) is 1.87. The van der Waals surface area contributed by atoms with Crippen LogP contribution in [0.2, 0.25) is 0 Å². The molecule has 0 bridgehead atoms. The van der Waals surface area contributed by atoms with Crippen molar-refractivity contribution < 1.29 is 0 Å². The molecule has 0 aliphatic carbocycles. The molecule has 0 saturated carbocycles. The maximum Gasteiger partial charge on any atom is 0.0891 e. The average molecular weight is 151 g/mol. The van der Waals surface area contributed by atoms with Gasteiger partial charge in [-0.1, -0.05) is 0 Å². The maximum absolute atomic E-state index is 6.99. The monoisotopic (exact) mass is 150 g/mol. The minimum absolute atomic E-state index is 0. The van der Waals surface area contributed by atoms with Crippen molar-refractivity contribution in [3.8, 4) is 0 Å². The first-order chi connectivity index (χ1) is 3.29. The highest BCUT2D eigenvalue weighted by Gasteiger charge is 2.03. The number of rotatable bonds is 0. The fourth-order valence-corrected chi connectivity index (χ4v) is 1.05. The lowest BCUT2D eigenvalue weighted by atomic mass is 10.5. The molecule has 0 fully saturated rings. The van der Waals surface area contributed by atoms with Crippen molar-refractivity contribution in [2.45, 2.75) is 0 Å². The van der Waals surface area contributed by atoms with Gasteiger partial charge >= 0.3 is 0 Å². The van der Waals surface area contributed by atoms with Gasteiger partial charge in [-0.2, -0.15) is 0 Å². The Kier molecular flexibility index (Phi) is 2.94. The fourth-order valence-electron chi connectivity index (χ4n) is 0.413. The molecular formula is C4H7ClN2S. The first-order valence-corrected chi connectivity index (χ1v) is 2.95. The first kappa shape index (κ1) is 7.85. The summed E-state index contributed by atoms with van der Waals surface area (Å²) in [4.78, 5) is 0. The molecule has 4 heteroatoms. The fraction of sp³-hybridized carbons (Fsp3) is 0.250. The van der Waals surface area contributed by atoms with E-state index in [0.29, 0.717) is 5.04 Å². The molecule has 8 heavy (non-hydrogen) atoms. The third-order valence-corrected chi connectivity index (χ3v) is 1.62. The summed E-state index contributed by atoms with van der Waals surface area (Å²) in [6, 6.07) is 0. The maximum atomic E-state index is 6.99. The van der Waals surface area contributed by atoms with E-state index < -0.39 is 0 Å². The second-order valence-electron chi connectivity index (χ2n) is 1.37. The van der Waals surface area contributed by atoms with Gasteiger partial charge in [0, 0.05) is 11.4 Å². The second kappa shape index (κ2) is 2.99. The SMILES string of the molecule is Cl.N=C1C=C(N)CS1. The van der Waals surface area contributed by atoms with Gasteiger partial charge in [0.2, 0.25) is 0 Å². The van der Waals surface area contributed by atoms with E-state index >= 15 is 0 Å². The number of hydrogen-bond donors (Lipinski definition) is 2. The Bertz CT molecular complexity index is 132. The Balaban J connectivity index is 0.000000490. The van der Waals surface area contributed by atoms with Gasteiger partial charge in [0.25, 0.3) is 0 Å². The van der Waals surface area contributed by atoms with Gasteiger partial charge in [-0.05, 0) is 6.08 Å². The number of hydrogen-bond acceptors (Lipinski definition) is 3. The van der Waals surface area contributed by atoms with Crippen LogP contribution in [-0.2, 0) is 0 Å². The van der Waals surface area contributed by atoms with E-state index in [1.807, 2.05) is 0 Å². The predicted molar refractivity (Wildman–Crippen MR) is 39.7 cm³/mol. The molecule has 3 N–H and O–H groups in total. The van der Waals surface area contributed by atoms with Crippen LogP contribution in [0.5, 0.6) is 0 Å².